The molecular formula is C27H38N8O2S2. The second kappa shape index (κ2) is 13.7. The normalized spacial score (nSPS) is 21.8. The average Bonchev–Trinajstić information content (AvgIpc) is 3.59. The van der Waals surface area contributed by atoms with Gasteiger partial charge in [0.25, 0.3) is 5.91 Å². The maximum atomic E-state index is 12.6. The van der Waals surface area contributed by atoms with Crippen LogP contribution < -0.4 is 10.6 Å². The zero-order valence-corrected chi connectivity index (χ0v) is 24.3. The van der Waals surface area contributed by atoms with Crippen molar-refractivity contribution in [3.8, 4) is 0 Å². The minimum Gasteiger partial charge on any atom is -0.367 e. The first-order chi connectivity index (χ1) is 19.0. The molecule has 4 heterocycles. The van der Waals surface area contributed by atoms with E-state index in [1.54, 1.807) is 0 Å². The highest BCUT2D eigenvalue weighted by molar-refractivity contribution is 8.00. The van der Waals surface area contributed by atoms with Gasteiger partial charge in [-0.3, -0.25) is 15.0 Å². The van der Waals surface area contributed by atoms with E-state index in [9.17, 15) is 4.79 Å². The van der Waals surface area contributed by atoms with Crippen LogP contribution in [-0.2, 0) is 16.1 Å². The van der Waals surface area contributed by atoms with E-state index in [2.05, 4.69) is 78.9 Å². The van der Waals surface area contributed by atoms with Crippen molar-refractivity contribution in [2.24, 2.45) is 10.2 Å². The fraction of sp³-hybridized carbons (Fsp3) is 0.593. The quantitative estimate of drug-likeness (QED) is 0.407. The Bertz CT molecular complexity index is 1170. The first-order valence-corrected chi connectivity index (χ1v) is 15.5. The van der Waals surface area contributed by atoms with Gasteiger partial charge in [-0.1, -0.05) is 43.4 Å². The summed E-state index contributed by atoms with van der Waals surface area (Å²) < 4.78 is 6.02. The summed E-state index contributed by atoms with van der Waals surface area (Å²) in [5.74, 6) is 0.861. The molecule has 2 aromatic rings. The smallest absolute Gasteiger partial charge is 0.252 e. The number of amidine groups is 1. The molecule has 3 aliphatic rings. The molecule has 0 saturated carbocycles. The van der Waals surface area contributed by atoms with Gasteiger partial charge in [-0.05, 0) is 43.9 Å². The summed E-state index contributed by atoms with van der Waals surface area (Å²) in [4.78, 5) is 18.6. The lowest BCUT2D eigenvalue weighted by Gasteiger charge is -2.33. The summed E-state index contributed by atoms with van der Waals surface area (Å²) in [6.07, 6.45) is 6.82. The van der Waals surface area contributed by atoms with Crippen molar-refractivity contribution in [2.75, 3.05) is 43.4 Å². The van der Waals surface area contributed by atoms with Gasteiger partial charge in [-0.15, -0.1) is 27.1 Å². The number of nitrogens with one attached hydrogen (secondary N) is 2. The first kappa shape index (κ1) is 28.0. The Labute approximate surface area is 238 Å². The van der Waals surface area contributed by atoms with Crippen LogP contribution >= 0.6 is 23.1 Å². The SMILES string of the molecule is CC(C)Sc1ccccc1CN1CCC[C@@H](OCC(=O)Nc2nnc(N[C@@H]3CCN(C4=NN=CCC4)C3)s2)C1. The van der Waals surface area contributed by atoms with E-state index in [0.717, 1.165) is 70.7 Å². The Kier molecular flexibility index (Phi) is 9.83. The highest BCUT2D eigenvalue weighted by atomic mass is 32.2. The molecule has 10 nitrogen and oxygen atoms in total. The number of likely N-dealkylation sites (tertiary alicyclic amines) is 2. The van der Waals surface area contributed by atoms with Gasteiger partial charge in [0, 0.05) is 55.0 Å². The maximum absolute atomic E-state index is 12.6. The van der Waals surface area contributed by atoms with Crippen LogP contribution in [0.3, 0.4) is 0 Å². The number of piperidine rings is 1. The number of ether oxygens (including phenoxy) is 1. The van der Waals surface area contributed by atoms with Crippen LogP contribution in [0, 0.1) is 0 Å². The molecule has 2 N–H and O–H groups in total. The van der Waals surface area contributed by atoms with Crippen LogP contribution in [0.4, 0.5) is 10.3 Å². The second-order valence-corrected chi connectivity index (χ2v) is 13.1. The third kappa shape index (κ3) is 8.23. The lowest BCUT2D eigenvalue weighted by atomic mass is 10.1. The van der Waals surface area contributed by atoms with Gasteiger partial charge in [0.15, 0.2) is 0 Å². The van der Waals surface area contributed by atoms with E-state index in [1.165, 1.54) is 21.8 Å². The Balaban J connectivity index is 1.04. The number of hydrogen-bond acceptors (Lipinski definition) is 11. The average molecular weight is 571 g/mol. The van der Waals surface area contributed by atoms with Crippen molar-refractivity contribution >= 4 is 51.3 Å². The zero-order valence-electron chi connectivity index (χ0n) is 22.7. The van der Waals surface area contributed by atoms with Crippen molar-refractivity contribution in [2.45, 2.75) is 74.8 Å². The Morgan fingerprint density at radius 1 is 1.18 bits per heavy atom. The van der Waals surface area contributed by atoms with Gasteiger partial charge in [-0.25, -0.2) is 0 Å². The number of nitrogens with zero attached hydrogens (tertiary/aromatic N) is 6. The lowest BCUT2D eigenvalue weighted by molar-refractivity contribution is -0.123. The van der Waals surface area contributed by atoms with Gasteiger partial charge >= 0.3 is 0 Å². The van der Waals surface area contributed by atoms with Crippen molar-refractivity contribution in [3.63, 3.8) is 0 Å². The van der Waals surface area contributed by atoms with E-state index < -0.39 is 0 Å². The summed E-state index contributed by atoms with van der Waals surface area (Å²) in [7, 11) is 0. The van der Waals surface area contributed by atoms with Gasteiger partial charge in [0.05, 0.1) is 6.10 Å². The van der Waals surface area contributed by atoms with Crippen LogP contribution in [-0.4, -0.2) is 88.1 Å². The number of benzene rings is 1. The Morgan fingerprint density at radius 3 is 2.90 bits per heavy atom. The Hall–Kier alpha value is -2.54. The molecule has 1 aromatic heterocycles. The largest absolute Gasteiger partial charge is 0.367 e. The third-order valence-electron chi connectivity index (χ3n) is 6.95. The van der Waals surface area contributed by atoms with Crippen molar-refractivity contribution in [3.05, 3.63) is 29.8 Å². The van der Waals surface area contributed by atoms with E-state index >= 15 is 0 Å². The molecule has 12 heteroatoms. The summed E-state index contributed by atoms with van der Waals surface area (Å²) in [6, 6.07) is 8.92. The van der Waals surface area contributed by atoms with E-state index in [1.807, 2.05) is 18.0 Å². The number of carbonyl (C=O) groups is 1. The van der Waals surface area contributed by atoms with Crippen molar-refractivity contribution in [1.82, 2.24) is 20.0 Å². The highest BCUT2D eigenvalue weighted by Gasteiger charge is 2.26. The van der Waals surface area contributed by atoms with Crippen LogP contribution in [0.1, 0.15) is 51.5 Å². The molecule has 2 atom stereocenters. The third-order valence-corrected chi connectivity index (χ3v) is 8.84. The maximum Gasteiger partial charge on any atom is 0.252 e. The number of hydrogen-bond donors (Lipinski definition) is 2. The van der Waals surface area contributed by atoms with Crippen LogP contribution in [0.25, 0.3) is 0 Å². The predicted octanol–water partition coefficient (Wildman–Crippen LogP) is 4.32. The zero-order chi connectivity index (χ0) is 27.0. The van der Waals surface area contributed by atoms with Gasteiger partial charge in [0.2, 0.25) is 10.3 Å². The summed E-state index contributed by atoms with van der Waals surface area (Å²) in [5.41, 5.74) is 1.36. The Morgan fingerprint density at radius 2 is 2.05 bits per heavy atom. The molecule has 0 radical (unpaired) electrons. The molecule has 0 aliphatic carbocycles. The molecule has 0 spiro atoms. The molecule has 210 valence electrons. The van der Waals surface area contributed by atoms with Gasteiger partial charge in [-0.2, -0.15) is 5.10 Å². The minimum absolute atomic E-state index is 0.0167. The second-order valence-electron chi connectivity index (χ2n) is 10.5. The number of carbonyl (C=O) groups excluding carboxylic acids is 1. The van der Waals surface area contributed by atoms with E-state index in [-0.39, 0.29) is 24.7 Å². The van der Waals surface area contributed by atoms with E-state index in [4.69, 9.17) is 4.74 Å². The summed E-state index contributed by atoms with van der Waals surface area (Å²) >= 11 is 3.26. The van der Waals surface area contributed by atoms with Crippen LogP contribution in [0.5, 0.6) is 0 Å². The molecule has 2 saturated heterocycles. The number of anilines is 2. The molecule has 1 aromatic carbocycles. The molecule has 5 rings (SSSR count). The number of rotatable bonds is 10. The number of thioether (sulfide) groups is 1. The van der Waals surface area contributed by atoms with Crippen LogP contribution in [0.2, 0.25) is 0 Å². The lowest BCUT2D eigenvalue weighted by Crippen LogP contribution is -2.40. The van der Waals surface area contributed by atoms with Gasteiger partial charge in [0.1, 0.15) is 12.4 Å². The monoisotopic (exact) mass is 570 g/mol. The number of amides is 1. The number of aromatic nitrogens is 2. The van der Waals surface area contributed by atoms with Crippen molar-refractivity contribution < 1.29 is 9.53 Å². The molecule has 0 unspecified atom stereocenters. The minimum atomic E-state index is -0.198. The fourth-order valence-corrected chi connectivity index (χ4v) is 6.82. The predicted molar refractivity (Wildman–Crippen MR) is 159 cm³/mol. The fourth-order valence-electron chi connectivity index (χ4n) is 5.14. The molecule has 39 heavy (non-hydrogen) atoms. The molecule has 2 fully saturated rings. The molecule has 3 aliphatic heterocycles. The topological polar surface area (TPSA) is 107 Å². The summed E-state index contributed by atoms with van der Waals surface area (Å²) in [5, 5.41) is 24.7. The van der Waals surface area contributed by atoms with Crippen molar-refractivity contribution in [1.29, 1.82) is 0 Å². The highest BCUT2D eigenvalue weighted by Crippen LogP contribution is 2.28. The van der Waals surface area contributed by atoms with E-state index in [0.29, 0.717) is 15.5 Å². The van der Waals surface area contributed by atoms with Crippen LogP contribution in [0.15, 0.2) is 39.4 Å². The standard InChI is InChI=1S/C27H38N8O2S2/c1-19(2)38-23-9-4-3-7-20(23)15-34-13-6-8-22(17-34)37-18-25(36)30-27-33-32-26(39-27)29-21-11-14-35(16-21)24-10-5-12-28-31-24/h3-4,7,9,12,19,21-22H,5-6,8,10-11,13-18H2,1-2H3,(H,29,32)(H,30,33,36)/t21-,22-/m1/s1. The van der Waals surface area contributed by atoms with Gasteiger partial charge < -0.3 is 15.0 Å². The first-order valence-electron chi connectivity index (χ1n) is 13.8. The molecule has 1 amide bonds. The summed E-state index contributed by atoms with van der Waals surface area (Å²) in [6.45, 7) is 9.07. The molecular weight excluding hydrogens is 532 g/mol. The molecule has 0 bridgehead atoms.